The van der Waals surface area contributed by atoms with Crippen molar-refractivity contribution in [3.05, 3.63) is 40.6 Å². The lowest BCUT2D eigenvalue weighted by Crippen LogP contribution is -2.36. The van der Waals surface area contributed by atoms with Crippen LogP contribution < -0.4 is 16.0 Å². The predicted molar refractivity (Wildman–Crippen MR) is 90.3 cm³/mol. The van der Waals surface area contributed by atoms with Crippen molar-refractivity contribution in [2.75, 3.05) is 17.7 Å². The molecule has 0 aliphatic carbocycles. The van der Waals surface area contributed by atoms with E-state index in [0.717, 1.165) is 0 Å². The number of carbonyl (C=O) groups excluding carboxylic acids is 2. The molecule has 3 N–H and O–H groups in total. The van der Waals surface area contributed by atoms with Crippen molar-refractivity contribution in [1.29, 1.82) is 5.26 Å². The van der Waals surface area contributed by atoms with Crippen LogP contribution in [0.3, 0.4) is 0 Å². The molecule has 1 aromatic carbocycles. The lowest BCUT2D eigenvalue weighted by molar-refractivity contribution is -0.116. The van der Waals surface area contributed by atoms with Crippen molar-refractivity contribution in [1.82, 2.24) is 10.6 Å². The molecule has 0 radical (unpaired) electrons. The molecule has 0 spiro atoms. The maximum Gasteiger partial charge on any atom is 0.326 e. The number of nitrogens with zero attached hydrogens (tertiary/aromatic N) is 1. The van der Waals surface area contributed by atoms with E-state index in [0.29, 0.717) is 35.3 Å². The molecule has 122 valence electrons. The van der Waals surface area contributed by atoms with Gasteiger partial charge in [0.1, 0.15) is 11.6 Å². The summed E-state index contributed by atoms with van der Waals surface area (Å²) in [6, 6.07) is 7.49. The summed E-state index contributed by atoms with van der Waals surface area (Å²) in [4.78, 5) is 23.8. The number of urea groups is 1. The molecule has 0 aromatic heterocycles. The monoisotopic (exact) mass is 354 g/mol. The fourth-order valence-electron chi connectivity index (χ4n) is 1.63. The maximum absolute atomic E-state index is 12.0. The van der Waals surface area contributed by atoms with Crippen molar-refractivity contribution >= 4 is 40.8 Å². The summed E-state index contributed by atoms with van der Waals surface area (Å²) in [5.41, 5.74) is 0.647. The van der Waals surface area contributed by atoms with Crippen molar-refractivity contribution < 1.29 is 9.59 Å². The third-order valence-corrected chi connectivity index (χ3v) is 3.23. The smallest absolute Gasteiger partial charge is 0.326 e. The van der Waals surface area contributed by atoms with Gasteiger partial charge in [-0.1, -0.05) is 17.7 Å². The normalized spacial score (nSPS) is 11.0. The van der Waals surface area contributed by atoms with Gasteiger partial charge in [-0.3, -0.25) is 10.1 Å². The number of allylic oxidation sites excluding steroid dienone is 1. The van der Waals surface area contributed by atoms with E-state index in [1.54, 1.807) is 31.2 Å². The number of alkyl halides is 1. The number of hydrogen-bond acceptors (Lipinski definition) is 4. The van der Waals surface area contributed by atoms with Gasteiger partial charge in [0.05, 0.1) is 0 Å². The van der Waals surface area contributed by atoms with Crippen LogP contribution in [0.5, 0.6) is 0 Å². The van der Waals surface area contributed by atoms with E-state index in [1.165, 1.54) is 6.07 Å². The predicted octanol–water partition coefficient (Wildman–Crippen LogP) is 3.00. The third-order valence-electron chi connectivity index (χ3n) is 2.72. The Morgan fingerprint density at radius 3 is 2.70 bits per heavy atom. The molecule has 0 heterocycles. The first kappa shape index (κ1) is 18.8. The third kappa shape index (κ3) is 6.59. The Morgan fingerprint density at radius 1 is 1.35 bits per heavy atom. The summed E-state index contributed by atoms with van der Waals surface area (Å²) in [5, 5.41) is 17.0. The van der Waals surface area contributed by atoms with E-state index >= 15 is 0 Å². The molecule has 0 fully saturated rings. The average Bonchev–Trinajstić information content (AvgIpc) is 2.48. The first-order chi connectivity index (χ1) is 11.0. The van der Waals surface area contributed by atoms with Crippen LogP contribution in [-0.2, 0) is 4.79 Å². The molecule has 3 amide bonds. The molecule has 0 saturated heterocycles. The summed E-state index contributed by atoms with van der Waals surface area (Å²) >= 11 is 11.4. The first-order valence-corrected chi connectivity index (χ1v) is 7.68. The molecule has 0 aliphatic rings. The summed E-state index contributed by atoms with van der Waals surface area (Å²) in [7, 11) is 0. The second kappa shape index (κ2) is 9.72. The Balaban J connectivity index is 2.67. The van der Waals surface area contributed by atoms with Crippen LogP contribution in [0.2, 0.25) is 5.02 Å². The highest BCUT2D eigenvalue weighted by Crippen LogP contribution is 2.14. The van der Waals surface area contributed by atoms with E-state index in [2.05, 4.69) is 16.0 Å². The molecule has 0 bridgehead atoms. The van der Waals surface area contributed by atoms with Gasteiger partial charge in [0.25, 0.3) is 5.91 Å². The zero-order valence-corrected chi connectivity index (χ0v) is 14.0. The fraction of sp³-hybridized carbons (Fsp3) is 0.267. The summed E-state index contributed by atoms with van der Waals surface area (Å²) < 4.78 is 0. The Hall–Kier alpha value is -2.23. The standard InChI is InChI=1S/C15H16Cl2N4O2/c1-10(19-7-3-6-16)13(9-18)14(22)21-15(23)20-12-5-2-4-11(17)8-12/h2,4-5,8,19H,3,6-7H2,1H3,(H2,20,21,22,23)/b13-10+. The molecular formula is C15H16Cl2N4O2. The zero-order valence-electron chi connectivity index (χ0n) is 12.5. The van der Waals surface area contributed by atoms with Crippen LogP contribution in [0.1, 0.15) is 13.3 Å². The number of hydrogen-bond donors (Lipinski definition) is 3. The second-order valence-electron chi connectivity index (χ2n) is 4.50. The van der Waals surface area contributed by atoms with Crippen molar-refractivity contribution in [3.63, 3.8) is 0 Å². The quantitative estimate of drug-likeness (QED) is 0.316. The van der Waals surface area contributed by atoms with Gasteiger partial charge in [-0.05, 0) is 31.5 Å². The van der Waals surface area contributed by atoms with Crippen molar-refractivity contribution in [3.8, 4) is 6.07 Å². The van der Waals surface area contributed by atoms with Crippen LogP contribution in [0.4, 0.5) is 10.5 Å². The highest BCUT2D eigenvalue weighted by molar-refractivity contribution is 6.30. The average molecular weight is 355 g/mol. The number of nitriles is 1. The number of nitrogens with one attached hydrogen (secondary N) is 3. The van der Waals surface area contributed by atoms with Gasteiger partial charge >= 0.3 is 6.03 Å². The fourth-order valence-corrected chi connectivity index (χ4v) is 1.95. The molecule has 1 aromatic rings. The van der Waals surface area contributed by atoms with E-state index < -0.39 is 11.9 Å². The van der Waals surface area contributed by atoms with Gasteiger partial charge in [0, 0.05) is 28.8 Å². The van der Waals surface area contributed by atoms with Crippen LogP contribution in [0, 0.1) is 11.3 Å². The number of carbonyl (C=O) groups is 2. The molecule has 6 nitrogen and oxygen atoms in total. The van der Waals surface area contributed by atoms with Crippen molar-refractivity contribution in [2.24, 2.45) is 0 Å². The lowest BCUT2D eigenvalue weighted by atomic mass is 10.2. The lowest BCUT2D eigenvalue weighted by Gasteiger charge is -2.09. The molecular weight excluding hydrogens is 339 g/mol. The summed E-state index contributed by atoms with van der Waals surface area (Å²) in [6.45, 7) is 2.11. The number of benzene rings is 1. The van der Waals surface area contributed by atoms with Crippen LogP contribution in [0.15, 0.2) is 35.5 Å². The number of rotatable bonds is 6. The molecule has 0 atom stereocenters. The van der Waals surface area contributed by atoms with E-state index in [1.807, 2.05) is 0 Å². The van der Waals surface area contributed by atoms with Crippen molar-refractivity contribution in [2.45, 2.75) is 13.3 Å². The van der Waals surface area contributed by atoms with Crippen LogP contribution in [0.25, 0.3) is 0 Å². The topological polar surface area (TPSA) is 94.0 Å². The number of imide groups is 1. The summed E-state index contributed by atoms with van der Waals surface area (Å²) in [6.07, 6.45) is 0.689. The SMILES string of the molecule is C/C(NCCCCl)=C(/C#N)C(=O)NC(=O)Nc1cccc(Cl)c1. The molecule has 1 rings (SSSR count). The van der Waals surface area contributed by atoms with E-state index in [-0.39, 0.29) is 5.57 Å². The zero-order chi connectivity index (χ0) is 17.2. The van der Waals surface area contributed by atoms with Gasteiger partial charge in [0.15, 0.2) is 0 Å². The van der Waals surface area contributed by atoms with E-state index in [4.69, 9.17) is 28.5 Å². The molecule has 0 aliphatic heterocycles. The first-order valence-electron chi connectivity index (χ1n) is 6.76. The van der Waals surface area contributed by atoms with Gasteiger partial charge in [-0.25, -0.2) is 4.79 Å². The van der Waals surface area contributed by atoms with Gasteiger partial charge < -0.3 is 10.6 Å². The molecule has 8 heteroatoms. The minimum absolute atomic E-state index is 0.166. The highest BCUT2D eigenvalue weighted by Gasteiger charge is 2.16. The van der Waals surface area contributed by atoms with Crippen LogP contribution in [-0.4, -0.2) is 24.4 Å². The Kier molecular flexibility index (Phi) is 7.95. The number of halogens is 2. The Bertz CT molecular complexity index is 653. The molecule has 23 heavy (non-hydrogen) atoms. The Labute approximate surface area is 144 Å². The second-order valence-corrected chi connectivity index (χ2v) is 5.31. The summed E-state index contributed by atoms with van der Waals surface area (Å²) in [5.74, 6) is -0.320. The minimum atomic E-state index is -0.789. The van der Waals surface area contributed by atoms with Gasteiger partial charge in [-0.2, -0.15) is 5.26 Å². The number of anilines is 1. The highest BCUT2D eigenvalue weighted by atomic mass is 35.5. The Morgan fingerprint density at radius 2 is 2.09 bits per heavy atom. The maximum atomic E-state index is 12.0. The van der Waals surface area contributed by atoms with Crippen LogP contribution >= 0.6 is 23.2 Å². The number of amides is 3. The largest absolute Gasteiger partial charge is 0.387 e. The van der Waals surface area contributed by atoms with Gasteiger partial charge in [0.2, 0.25) is 0 Å². The molecule has 0 unspecified atom stereocenters. The minimum Gasteiger partial charge on any atom is -0.387 e. The van der Waals surface area contributed by atoms with Gasteiger partial charge in [-0.15, -0.1) is 11.6 Å². The van der Waals surface area contributed by atoms with E-state index in [9.17, 15) is 9.59 Å². The molecule has 0 saturated carbocycles.